The van der Waals surface area contributed by atoms with Crippen molar-refractivity contribution in [2.75, 3.05) is 0 Å². The Hall–Kier alpha value is -2.61. The second-order valence-electron chi connectivity index (χ2n) is 4.46. The van der Waals surface area contributed by atoms with Gasteiger partial charge in [-0.2, -0.15) is 9.61 Å². The van der Waals surface area contributed by atoms with Gasteiger partial charge in [0, 0.05) is 11.6 Å². The molecule has 0 aliphatic heterocycles. The lowest BCUT2D eigenvalue weighted by Crippen LogP contribution is -1.91. The Kier molecular flexibility index (Phi) is 2.58. The van der Waals surface area contributed by atoms with Crippen molar-refractivity contribution in [3.8, 4) is 22.1 Å². The van der Waals surface area contributed by atoms with Crippen molar-refractivity contribution >= 4 is 16.3 Å². The maximum Gasteiger partial charge on any atom is 0.235 e. The lowest BCUT2D eigenvalue weighted by molar-refractivity contribution is 0.399. The first-order chi connectivity index (χ1) is 10.2. The second kappa shape index (κ2) is 4.45. The lowest BCUT2D eigenvalue weighted by atomic mass is 10.2. The monoisotopic (exact) mass is 301 g/mol. The summed E-state index contributed by atoms with van der Waals surface area (Å²) >= 11 is 1.33. The van der Waals surface area contributed by atoms with E-state index in [1.165, 1.54) is 23.5 Å². The fraction of sp³-hybridized carbons (Fsp3) is 0.0769. The summed E-state index contributed by atoms with van der Waals surface area (Å²) in [6.07, 6.45) is 0. The fourth-order valence-corrected chi connectivity index (χ4v) is 2.82. The maximum atomic E-state index is 13.3. The highest BCUT2D eigenvalue weighted by Crippen LogP contribution is 2.28. The maximum absolute atomic E-state index is 13.3. The molecular weight excluding hydrogens is 293 g/mol. The molecule has 21 heavy (non-hydrogen) atoms. The van der Waals surface area contributed by atoms with Crippen LogP contribution in [0.3, 0.4) is 0 Å². The van der Waals surface area contributed by atoms with Crippen molar-refractivity contribution in [1.29, 1.82) is 0 Å². The molecule has 0 atom stereocenters. The van der Waals surface area contributed by atoms with E-state index in [0.29, 0.717) is 32.8 Å². The summed E-state index contributed by atoms with van der Waals surface area (Å²) in [7, 11) is 0. The first kappa shape index (κ1) is 12.2. The number of halogens is 1. The van der Waals surface area contributed by atoms with Gasteiger partial charge >= 0.3 is 0 Å². The summed E-state index contributed by atoms with van der Waals surface area (Å²) < 4.78 is 19.9. The Bertz CT molecular complexity index is 941. The van der Waals surface area contributed by atoms with Gasteiger partial charge in [0.05, 0.1) is 0 Å². The zero-order chi connectivity index (χ0) is 14.4. The van der Waals surface area contributed by atoms with E-state index in [0.717, 1.165) is 0 Å². The summed E-state index contributed by atoms with van der Waals surface area (Å²) in [4.78, 5) is 0.616. The molecule has 3 aromatic heterocycles. The molecule has 0 aliphatic rings. The number of hydrogen-bond donors (Lipinski definition) is 0. The minimum atomic E-state index is -0.300. The average Bonchev–Trinajstić information content (AvgIpc) is 3.13. The summed E-state index contributed by atoms with van der Waals surface area (Å²) in [5, 5.41) is 17.1. The van der Waals surface area contributed by atoms with Crippen LogP contribution in [0.5, 0.6) is 0 Å². The molecule has 104 valence electrons. The first-order valence-electron chi connectivity index (χ1n) is 6.12. The van der Waals surface area contributed by atoms with Gasteiger partial charge in [0.1, 0.15) is 16.6 Å². The zero-order valence-corrected chi connectivity index (χ0v) is 11.6. The van der Waals surface area contributed by atoms with E-state index in [-0.39, 0.29) is 5.82 Å². The molecule has 4 rings (SSSR count). The van der Waals surface area contributed by atoms with Crippen LogP contribution < -0.4 is 0 Å². The van der Waals surface area contributed by atoms with Gasteiger partial charge in [-0.3, -0.25) is 0 Å². The molecule has 8 heteroatoms. The van der Waals surface area contributed by atoms with E-state index in [1.54, 1.807) is 29.6 Å². The van der Waals surface area contributed by atoms with Gasteiger partial charge in [-0.05, 0) is 19.1 Å². The van der Waals surface area contributed by atoms with Gasteiger partial charge in [-0.25, -0.2) is 4.39 Å². The number of hydrogen-bond acceptors (Lipinski definition) is 6. The average molecular weight is 301 g/mol. The number of rotatable bonds is 2. The van der Waals surface area contributed by atoms with Crippen LogP contribution in [0.15, 0.2) is 34.9 Å². The van der Waals surface area contributed by atoms with Crippen LogP contribution in [0.1, 0.15) is 5.76 Å². The molecule has 0 aliphatic carbocycles. The largest absolute Gasteiger partial charge is 0.361 e. The molecule has 1 aromatic carbocycles. The van der Waals surface area contributed by atoms with Crippen LogP contribution in [-0.2, 0) is 0 Å². The van der Waals surface area contributed by atoms with Crippen LogP contribution in [-0.4, -0.2) is 25.0 Å². The minimum Gasteiger partial charge on any atom is -0.361 e. The number of benzene rings is 1. The molecule has 4 aromatic rings. The molecule has 0 N–H and O–H groups in total. The molecule has 0 radical (unpaired) electrons. The van der Waals surface area contributed by atoms with Gasteiger partial charge in [0.2, 0.25) is 10.8 Å². The third-order valence-electron chi connectivity index (χ3n) is 2.92. The Morgan fingerprint density at radius 2 is 2.14 bits per heavy atom. The molecule has 0 bridgehead atoms. The van der Waals surface area contributed by atoms with E-state index in [9.17, 15) is 4.39 Å². The van der Waals surface area contributed by atoms with Crippen LogP contribution in [0, 0.1) is 12.7 Å². The van der Waals surface area contributed by atoms with E-state index >= 15 is 0 Å². The van der Waals surface area contributed by atoms with Gasteiger partial charge in [-0.15, -0.1) is 10.2 Å². The molecule has 0 fully saturated rings. The van der Waals surface area contributed by atoms with Crippen molar-refractivity contribution in [2.24, 2.45) is 0 Å². The number of nitrogens with zero attached hydrogens (tertiary/aromatic N) is 5. The smallest absolute Gasteiger partial charge is 0.235 e. The third kappa shape index (κ3) is 2.00. The Labute approximate surface area is 121 Å². The number of aryl methyl sites for hydroxylation is 1. The van der Waals surface area contributed by atoms with Gasteiger partial charge in [0.25, 0.3) is 0 Å². The van der Waals surface area contributed by atoms with E-state index in [2.05, 4.69) is 20.5 Å². The van der Waals surface area contributed by atoms with Crippen LogP contribution in [0.25, 0.3) is 27.1 Å². The van der Waals surface area contributed by atoms with Crippen molar-refractivity contribution in [2.45, 2.75) is 6.92 Å². The van der Waals surface area contributed by atoms with Crippen LogP contribution >= 0.6 is 11.3 Å². The van der Waals surface area contributed by atoms with Crippen LogP contribution in [0.4, 0.5) is 4.39 Å². The zero-order valence-electron chi connectivity index (χ0n) is 10.8. The number of fused-ring (bicyclic) bond motifs is 1. The highest BCUT2D eigenvalue weighted by molar-refractivity contribution is 7.19. The molecule has 0 saturated heterocycles. The summed E-state index contributed by atoms with van der Waals surface area (Å²) in [5.41, 5.74) is 1.27. The molecule has 0 spiro atoms. The minimum absolute atomic E-state index is 0.300. The quantitative estimate of drug-likeness (QED) is 0.569. The summed E-state index contributed by atoms with van der Waals surface area (Å²) in [5.74, 6) is 0.883. The predicted octanol–water partition coefficient (Wildman–Crippen LogP) is 2.96. The normalized spacial score (nSPS) is 11.3. The van der Waals surface area contributed by atoms with Crippen molar-refractivity contribution in [3.63, 3.8) is 0 Å². The second-order valence-corrected chi connectivity index (χ2v) is 5.41. The van der Waals surface area contributed by atoms with Crippen molar-refractivity contribution in [3.05, 3.63) is 41.9 Å². The fourth-order valence-electron chi connectivity index (χ4n) is 1.99. The summed E-state index contributed by atoms with van der Waals surface area (Å²) in [6, 6.07) is 8.04. The molecule has 3 heterocycles. The van der Waals surface area contributed by atoms with E-state index < -0.39 is 0 Å². The van der Waals surface area contributed by atoms with Gasteiger partial charge in [-0.1, -0.05) is 28.6 Å². The molecule has 0 saturated carbocycles. The summed E-state index contributed by atoms with van der Waals surface area (Å²) in [6.45, 7) is 1.80. The van der Waals surface area contributed by atoms with Gasteiger partial charge in [0.15, 0.2) is 5.69 Å². The Morgan fingerprint density at radius 1 is 1.24 bits per heavy atom. The number of aromatic nitrogens is 5. The molecule has 0 unspecified atom stereocenters. The standard InChI is InChI=1S/C13H8FN5OS/c1-7-5-10(18-20-7)11-15-16-13-19(11)17-12(21-13)8-3-2-4-9(14)6-8/h2-6H,1H3. The van der Waals surface area contributed by atoms with Gasteiger partial charge < -0.3 is 4.52 Å². The molecule has 6 nitrogen and oxygen atoms in total. The highest BCUT2D eigenvalue weighted by Gasteiger charge is 2.17. The van der Waals surface area contributed by atoms with Crippen molar-refractivity contribution < 1.29 is 8.91 Å². The Morgan fingerprint density at radius 3 is 2.90 bits per heavy atom. The Balaban J connectivity index is 1.86. The van der Waals surface area contributed by atoms with E-state index in [1.807, 2.05) is 0 Å². The third-order valence-corrected chi connectivity index (χ3v) is 3.87. The lowest BCUT2D eigenvalue weighted by Gasteiger charge is -1.94. The SMILES string of the molecule is Cc1cc(-c2nnc3sc(-c4cccc(F)c4)nn23)no1. The highest BCUT2D eigenvalue weighted by atomic mass is 32.1. The van der Waals surface area contributed by atoms with Crippen molar-refractivity contribution in [1.82, 2.24) is 25.0 Å². The molecule has 0 amide bonds. The van der Waals surface area contributed by atoms with E-state index in [4.69, 9.17) is 4.52 Å². The predicted molar refractivity (Wildman–Crippen MR) is 74.3 cm³/mol. The van der Waals surface area contributed by atoms with Crippen LogP contribution in [0.2, 0.25) is 0 Å². The topological polar surface area (TPSA) is 69.1 Å². The molecular formula is C13H8FN5OS. The first-order valence-corrected chi connectivity index (χ1v) is 6.94.